The van der Waals surface area contributed by atoms with E-state index in [1.165, 1.54) is 0 Å². The Morgan fingerprint density at radius 1 is 1.34 bits per heavy atom. The molecule has 0 saturated heterocycles. The number of aliphatic hydroxyl groups excluding tert-OH is 1. The van der Waals surface area contributed by atoms with Gasteiger partial charge in [0.05, 0.1) is 24.4 Å². The fourth-order valence-corrected chi connectivity index (χ4v) is 3.77. The Morgan fingerprint density at radius 2 is 2.14 bits per heavy atom. The van der Waals surface area contributed by atoms with Crippen molar-refractivity contribution < 1.29 is 24.9 Å². The van der Waals surface area contributed by atoms with Gasteiger partial charge in [0.15, 0.2) is 5.56 Å². The summed E-state index contributed by atoms with van der Waals surface area (Å²) in [4.78, 5) is 26.2. The van der Waals surface area contributed by atoms with Crippen LogP contribution in [-0.4, -0.2) is 50.6 Å². The lowest BCUT2D eigenvalue weighted by molar-refractivity contribution is 0.0691. The Morgan fingerprint density at radius 3 is 2.86 bits per heavy atom. The standard InChI is InChI=1S/C20H21N3O6/c1-23-11(9-21-3-4-24)6-10-7-13-15(8-14(10)23)29-5-2-12-17(13)22-19(26)16(18(12)25)20(27)28/h6-8,21,24H,2-5,9H2,1H3,(H,27,28)(H2,22,25,26). The maximum Gasteiger partial charge on any atom is 0.345 e. The summed E-state index contributed by atoms with van der Waals surface area (Å²) in [5.41, 5.74) is 1.73. The van der Waals surface area contributed by atoms with E-state index in [2.05, 4.69) is 10.3 Å². The van der Waals surface area contributed by atoms with Crippen molar-refractivity contribution in [3.8, 4) is 22.8 Å². The smallest absolute Gasteiger partial charge is 0.345 e. The molecule has 3 aromatic rings. The quantitative estimate of drug-likeness (QED) is 0.403. The minimum absolute atomic E-state index is 0.0536. The van der Waals surface area contributed by atoms with Crippen molar-refractivity contribution in [2.45, 2.75) is 13.0 Å². The van der Waals surface area contributed by atoms with Crippen LogP contribution in [-0.2, 0) is 20.0 Å². The second kappa shape index (κ2) is 7.26. The van der Waals surface area contributed by atoms with Gasteiger partial charge >= 0.3 is 5.97 Å². The van der Waals surface area contributed by atoms with Crippen LogP contribution in [0.4, 0.5) is 0 Å². The number of ether oxygens (including phenoxy) is 1. The molecule has 0 spiro atoms. The number of pyridine rings is 1. The molecule has 2 aromatic heterocycles. The molecule has 0 fully saturated rings. The van der Waals surface area contributed by atoms with Crippen molar-refractivity contribution >= 4 is 16.9 Å². The van der Waals surface area contributed by atoms with Crippen molar-refractivity contribution in [1.82, 2.24) is 14.9 Å². The number of aryl methyl sites for hydroxylation is 1. The van der Waals surface area contributed by atoms with E-state index in [0.717, 1.165) is 16.6 Å². The first-order valence-electron chi connectivity index (χ1n) is 9.21. The Hall–Kier alpha value is -3.30. The molecule has 0 bridgehead atoms. The third-order valence-corrected chi connectivity index (χ3v) is 5.22. The first-order valence-corrected chi connectivity index (χ1v) is 9.21. The van der Waals surface area contributed by atoms with E-state index in [9.17, 15) is 19.8 Å². The molecular weight excluding hydrogens is 378 g/mol. The lowest BCUT2D eigenvalue weighted by Gasteiger charge is -2.12. The summed E-state index contributed by atoms with van der Waals surface area (Å²) in [6, 6.07) is 5.73. The molecule has 0 atom stereocenters. The van der Waals surface area contributed by atoms with Gasteiger partial charge < -0.3 is 34.9 Å². The van der Waals surface area contributed by atoms with E-state index in [1.54, 1.807) is 0 Å². The van der Waals surface area contributed by atoms with Crippen molar-refractivity contribution in [2.75, 3.05) is 19.8 Å². The van der Waals surface area contributed by atoms with Gasteiger partial charge in [-0.15, -0.1) is 0 Å². The number of H-pyrrole nitrogens is 1. The molecule has 0 amide bonds. The van der Waals surface area contributed by atoms with Crippen LogP contribution in [0.15, 0.2) is 23.0 Å². The number of nitrogens with zero attached hydrogens (tertiary/aromatic N) is 1. The molecule has 4 rings (SSSR count). The van der Waals surface area contributed by atoms with Crippen LogP contribution in [0.2, 0.25) is 0 Å². The van der Waals surface area contributed by atoms with E-state index in [4.69, 9.17) is 9.84 Å². The van der Waals surface area contributed by atoms with E-state index >= 15 is 0 Å². The monoisotopic (exact) mass is 399 g/mol. The average Bonchev–Trinajstić information content (AvgIpc) is 2.86. The summed E-state index contributed by atoms with van der Waals surface area (Å²) < 4.78 is 7.87. The van der Waals surface area contributed by atoms with E-state index in [1.807, 2.05) is 29.8 Å². The second-order valence-corrected chi connectivity index (χ2v) is 6.94. The van der Waals surface area contributed by atoms with Crippen molar-refractivity contribution in [2.24, 2.45) is 7.05 Å². The molecule has 1 aliphatic heterocycles. The van der Waals surface area contributed by atoms with Gasteiger partial charge in [-0.1, -0.05) is 0 Å². The highest BCUT2D eigenvalue weighted by Crippen LogP contribution is 2.40. The lowest BCUT2D eigenvalue weighted by atomic mass is 9.99. The van der Waals surface area contributed by atoms with Crippen molar-refractivity contribution in [1.29, 1.82) is 0 Å². The predicted octanol–water partition coefficient (Wildman–Crippen LogP) is 0.954. The number of rotatable bonds is 5. The molecule has 9 nitrogen and oxygen atoms in total. The molecule has 9 heteroatoms. The Kier molecular flexibility index (Phi) is 4.77. The molecule has 0 aliphatic carbocycles. The van der Waals surface area contributed by atoms with Crippen LogP contribution in [0.25, 0.3) is 22.2 Å². The summed E-state index contributed by atoms with van der Waals surface area (Å²) in [6.07, 6.45) is 0.263. The fraction of sp³-hybridized carbons (Fsp3) is 0.300. The molecule has 1 aliphatic rings. The molecule has 1 aromatic carbocycles. The maximum absolute atomic E-state index is 12.3. The molecule has 152 valence electrons. The number of aromatic hydroxyl groups is 1. The first-order chi connectivity index (χ1) is 13.9. The number of benzene rings is 1. The number of carboxylic acid groups (broad SMARTS) is 1. The first kappa shape index (κ1) is 19.0. The number of carbonyl (C=O) groups is 1. The van der Waals surface area contributed by atoms with Gasteiger partial charge in [0.2, 0.25) is 0 Å². The number of carboxylic acids is 1. The molecular formula is C20H21N3O6. The fourth-order valence-electron chi connectivity index (χ4n) is 3.77. The number of aromatic carboxylic acids is 1. The van der Waals surface area contributed by atoms with E-state index < -0.39 is 22.8 Å². The molecule has 3 heterocycles. The highest BCUT2D eigenvalue weighted by atomic mass is 16.5. The average molecular weight is 399 g/mol. The normalized spacial score (nSPS) is 12.9. The zero-order valence-corrected chi connectivity index (χ0v) is 15.8. The van der Waals surface area contributed by atoms with Gasteiger partial charge in [-0.25, -0.2) is 4.79 Å². The summed E-state index contributed by atoms with van der Waals surface area (Å²) in [5, 5.41) is 32.7. The number of hydrogen-bond acceptors (Lipinski definition) is 6. The second-order valence-electron chi connectivity index (χ2n) is 6.94. The van der Waals surface area contributed by atoms with E-state index in [-0.39, 0.29) is 19.6 Å². The molecule has 0 saturated carbocycles. The number of aliphatic hydroxyl groups is 1. The van der Waals surface area contributed by atoms with Crippen LogP contribution in [0, 0.1) is 0 Å². The van der Waals surface area contributed by atoms with Crippen LogP contribution in [0.3, 0.4) is 0 Å². The van der Waals surface area contributed by atoms with Crippen LogP contribution < -0.4 is 15.6 Å². The SMILES string of the molecule is Cn1c(CNCCO)cc2cc3c(cc21)OCCc1c-3[nH]c(=O)c(C(=O)O)c1O. The highest BCUT2D eigenvalue weighted by Gasteiger charge is 2.26. The van der Waals surface area contributed by atoms with Crippen LogP contribution in [0.5, 0.6) is 11.5 Å². The Balaban J connectivity index is 1.89. The van der Waals surface area contributed by atoms with Crippen molar-refractivity contribution in [3.05, 3.63) is 45.4 Å². The Bertz CT molecular complexity index is 1180. The summed E-state index contributed by atoms with van der Waals surface area (Å²) >= 11 is 0. The van der Waals surface area contributed by atoms with Gasteiger partial charge in [-0.3, -0.25) is 4.79 Å². The largest absolute Gasteiger partial charge is 0.506 e. The Labute approximate surface area is 165 Å². The number of aromatic amines is 1. The third kappa shape index (κ3) is 3.14. The topological polar surface area (TPSA) is 137 Å². The van der Waals surface area contributed by atoms with Gasteiger partial charge in [0.1, 0.15) is 11.5 Å². The minimum Gasteiger partial charge on any atom is -0.506 e. The van der Waals surface area contributed by atoms with Gasteiger partial charge in [-0.2, -0.15) is 0 Å². The highest BCUT2D eigenvalue weighted by molar-refractivity contribution is 5.94. The lowest BCUT2D eigenvalue weighted by Crippen LogP contribution is -2.20. The predicted molar refractivity (Wildman–Crippen MR) is 106 cm³/mol. The molecule has 29 heavy (non-hydrogen) atoms. The zero-order chi connectivity index (χ0) is 20.7. The number of nitrogens with one attached hydrogen (secondary N) is 2. The van der Waals surface area contributed by atoms with Crippen LogP contribution in [0.1, 0.15) is 21.6 Å². The number of aromatic nitrogens is 2. The zero-order valence-electron chi connectivity index (χ0n) is 15.8. The van der Waals surface area contributed by atoms with E-state index in [0.29, 0.717) is 35.7 Å². The summed E-state index contributed by atoms with van der Waals surface area (Å²) in [7, 11) is 1.93. The number of hydrogen-bond donors (Lipinski definition) is 5. The maximum atomic E-state index is 12.3. The van der Waals surface area contributed by atoms with Crippen LogP contribution >= 0.6 is 0 Å². The van der Waals surface area contributed by atoms with Gasteiger partial charge in [0, 0.05) is 54.8 Å². The molecule has 5 N–H and O–H groups in total. The molecule has 0 radical (unpaired) electrons. The van der Waals surface area contributed by atoms with Gasteiger partial charge in [0.25, 0.3) is 5.56 Å². The summed E-state index contributed by atoms with van der Waals surface area (Å²) in [6.45, 7) is 1.35. The third-order valence-electron chi connectivity index (χ3n) is 5.22. The number of fused-ring (bicyclic) bond motifs is 4. The summed E-state index contributed by atoms with van der Waals surface area (Å²) in [5.74, 6) is -1.45. The van der Waals surface area contributed by atoms with Crippen molar-refractivity contribution in [3.63, 3.8) is 0 Å². The molecule has 0 unspecified atom stereocenters. The van der Waals surface area contributed by atoms with Gasteiger partial charge in [-0.05, 0) is 12.1 Å². The minimum atomic E-state index is -1.48.